The van der Waals surface area contributed by atoms with Crippen LogP contribution in [-0.2, 0) is 0 Å². The second-order valence-corrected chi connectivity index (χ2v) is 9.06. The number of halogens is 3. The van der Waals surface area contributed by atoms with Crippen molar-refractivity contribution in [2.45, 2.75) is 12.5 Å². The van der Waals surface area contributed by atoms with Crippen LogP contribution in [0.5, 0.6) is 11.5 Å². The number of carbonyl (C=O) groups excluding carboxylic acids is 1. The molecule has 0 saturated heterocycles. The number of amides is 2. The topological polar surface area (TPSA) is 53.9 Å². The van der Waals surface area contributed by atoms with E-state index in [2.05, 4.69) is 10.4 Å². The Morgan fingerprint density at radius 3 is 2.22 bits per heavy atom. The normalized spacial score (nSPS) is 14.9. The molecule has 36 heavy (non-hydrogen) atoms. The first-order valence-corrected chi connectivity index (χ1v) is 11.9. The maximum Gasteiger partial charge on any atom is 0.342 e. The second-order valence-electron chi connectivity index (χ2n) is 8.18. The van der Waals surface area contributed by atoms with E-state index >= 15 is 0 Å². The number of urea groups is 1. The Morgan fingerprint density at radius 2 is 1.56 bits per heavy atom. The van der Waals surface area contributed by atoms with Gasteiger partial charge in [-0.2, -0.15) is 5.10 Å². The Bertz CT molecular complexity index is 1410. The molecule has 5 nitrogen and oxygen atoms in total. The number of nitrogens with zero attached hydrogens (tertiary/aromatic N) is 2. The van der Waals surface area contributed by atoms with Gasteiger partial charge in [0.05, 0.1) is 11.8 Å². The molecule has 1 aliphatic heterocycles. The summed E-state index contributed by atoms with van der Waals surface area (Å²) in [5.74, 6) is 0.524. The number of nitrogens with one attached hydrogen (secondary N) is 1. The van der Waals surface area contributed by atoms with E-state index in [1.54, 1.807) is 60.7 Å². The Labute approximate surface area is 217 Å². The highest BCUT2D eigenvalue weighted by molar-refractivity contribution is 6.31. The fraction of sp³-hybridized carbons (Fsp3) is 0.0714. The maximum atomic E-state index is 13.4. The smallest absolute Gasteiger partial charge is 0.342 e. The van der Waals surface area contributed by atoms with Crippen LogP contribution in [0.3, 0.4) is 0 Å². The molecule has 1 heterocycles. The molecule has 1 N–H and O–H groups in total. The molecule has 0 aliphatic carbocycles. The maximum absolute atomic E-state index is 13.4. The molecule has 0 saturated carbocycles. The van der Waals surface area contributed by atoms with Gasteiger partial charge in [-0.25, -0.2) is 14.2 Å². The Hall–Kier alpha value is -3.87. The highest BCUT2D eigenvalue weighted by atomic mass is 35.5. The van der Waals surface area contributed by atoms with Crippen LogP contribution in [0.4, 0.5) is 14.9 Å². The van der Waals surface area contributed by atoms with Crippen molar-refractivity contribution in [3.05, 3.63) is 124 Å². The first-order chi connectivity index (χ1) is 17.4. The van der Waals surface area contributed by atoms with Crippen molar-refractivity contribution in [2.75, 3.05) is 5.32 Å². The summed E-state index contributed by atoms with van der Waals surface area (Å²) >= 11 is 12.1. The van der Waals surface area contributed by atoms with Crippen LogP contribution in [-0.4, -0.2) is 16.8 Å². The van der Waals surface area contributed by atoms with Crippen molar-refractivity contribution in [1.82, 2.24) is 5.01 Å². The summed E-state index contributed by atoms with van der Waals surface area (Å²) in [6.07, 6.45) is 0.539. The summed E-state index contributed by atoms with van der Waals surface area (Å²) in [6.45, 7) is 0. The molecule has 0 fully saturated rings. The zero-order chi connectivity index (χ0) is 25.1. The zero-order valence-electron chi connectivity index (χ0n) is 18.9. The van der Waals surface area contributed by atoms with Crippen molar-refractivity contribution in [3.8, 4) is 11.5 Å². The van der Waals surface area contributed by atoms with Gasteiger partial charge in [0.25, 0.3) is 0 Å². The highest BCUT2D eigenvalue weighted by Crippen LogP contribution is 2.34. The molecule has 1 atom stereocenters. The third-order valence-electron chi connectivity index (χ3n) is 5.69. The van der Waals surface area contributed by atoms with Gasteiger partial charge in [0, 0.05) is 28.2 Å². The minimum Gasteiger partial charge on any atom is -0.457 e. The number of anilines is 1. The number of hydrogen-bond donors (Lipinski definition) is 1. The number of carbonyl (C=O) groups is 1. The minimum absolute atomic E-state index is 0.302. The fourth-order valence-electron chi connectivity index (χ4n) is 3.91. The molecular formula is C28H20Cl2FN3O2. The average molecular weight is 520 g/mol. The largest absolute Gasteiger partial charge is 0.457 e. The first kappa shape index (κ1) is 23.9. The van der Waals surface area contributed by atoms with Crippen molar-refractivity contribution >= 4 is 40.6 Å². The average Bonchev–Trinajstić information content (AvgIpc) is 3.32. The van der Waals surface area contributed by atoms with Crippen LogP contribution in [0.1, 0.15) is 23.6 Å². The lowest BCUT2D eigenvalue weighted by Gasteiger charge is -2.22. The second kappa shape index (κ2) is 10.4. The number of benzene rings is 4. The predicted octanol–water partition coefficient (Wildman–Crippen LogP) is 8.31. The molecule has 8 heteroatoms. The van der Waals surface area contributed by atoms with Crippen LogP contribution < -0.4 is 10.1 Å². The Morgan fingerprint density at radius 1 is 0.889 bits per heavy atom. The minimum atomic E-state index is -0.379. The molecule has 1 unspecified atom stereocenters. The lowest BCUT2D eigenvalue weighted by molar-refractivity contribution is 0.200. The molecule has 0 radical (unpaired) electrons. The lowest BCUT2D eigenvalue weighted by Crippen LogP contribution is -2.31. The quantitative estimate of drug-likeness (QED) is 0.288. The van der Waals surface area contributed by atoms with E-state index < -0.39 is 0 Å². The number of hydrogen-bond acceptors (Lipinski definition) is 3. The lowest BCUT2D eigenvalue weighted by atomic mass is 9.98. The molecule has 2 amide bonds. The molecule has 0 spiro atoms. The number of rotatable bonds is 5. The van der Waals surface area contributed by atoms with E-state index in [0.717, 1.165) is 16.8 Å². The van der Waals surface area contributed by atoms with Gasteiger partial charge in [0.15, 0.2) is 0 Å². The van der Waals surface area contributed by atoms with Gasteiger partial charge in [0.2, 0.25) is 0 Å². The Balaban J connectivity index is 1.35. The van der Waals surface area contributed by atoms with Crippen molar-refractivity contribution in [2.24, 2.45) is 5.10 Å². The molecule has 0 bridgehead atoms. The van der Waals surface area contributed by atoms with E-state index in [1.807, 2.05) is 24.3 Å². The van der Waals surface area contributed by atoms with Gasteiger partial charge in [-0.1, -0.05) is 53.5 Å². The standard InChI is InChI=1S/C28H20Cl2FN3O2/c29-20-8-4-18(5-9-20)26-17-27(19-6-10-21(30)11-7-19)34(33-26)28(35)32-23-12-14-24(15-13-23)36-25-3-1-2-22(31)16-25/h1-16,27H,17H2,(H,32,35). The number of hydrazone groups is 1. The van der Waals surface area contributed by atoms with Crippen LogP contribution in [0.2, 0.25) is 10.0 Å². The fourth-order valence-corrected chi connectivity index (χ4v) is 4.16. The molecule has 180 valence electrons. The van der Waals surface area contributed by atoms with E-state index in [1.165, 1.54) is 17.1 Å². The van der Waals surface area contributed by atoms with Gasteiger partial charge in [0.1, 0.15) is 17.3 Å². The summed E-state index contributed by atoms with van der Waals surface area (Å²) in [4.78, 5) is 13.3. The Kier molecular flexibility index (Phi) is 6.89. The SMILES string of the molecule is O=C(Nc1ccc(Oc2cccc(F)c2)cc1)N1N=C(c2ccc(Cl)cc2)CC1c1ccc(Cl)cc1. The summed E-state index contributed by atoms with van der Waals surface area (Å²) in [5, 5.41) is 10.2. The predicted molar refractivity (Wildman–Crippen MR) is 141 cm³/mol. The van der Waals surface area contributed by atoms with E-state index in [0.29, 0.717) is 33.7 Å². The molecule has 4 aromatic carbocycles. The summed E-state index contributed by atoms with van der Waals surface area (Å²) < 4.78 is 19.1. The third kappa shape index (κ3) is 5.51. The van der Waals surface area contributed by atoms with E-state index in [-0.39, 0.29) is 17.9 Å². The van der Waals surface area contributed by atoms with Crippen LogP contribution >= 0.6 is 23.2 Å². The summed E-state index contributed by atoms with van der Waals surface area (Å²) in [6, 6.07) is 26.8. The highest BCUT2D eigenvalue weighted by Gasteiger charge is 2.33. The van der Waals surface area contributed by atoms with E-state index in [9.17, 15) is 9.18 Å². The van der Waals surface area contributed by atoms with Gasteiger partial charge in [-0.05, 0) is 71.8 Å². The molecule has 4 aromatic rings. The summed E-state index contributed by atoms with van der Waals surface area (Å²) in [7, 11) is 0. The van der Waals surface area contributed by atoms with Crippen molar-refractivity contribution in [3.63, 3.8) is 0 Å². The monoisotopic (exact) mass is 519 g/mol. The zero-order valence-corrected chi connectivity index (χ0v) is 20.4. The molecule has 0 aromatic heterocycles. The van der Waals surface area contributed by atoms with Gasteiger partial charge < -0.3 is 10.1 Å². The van der Waals surface area contributed by atoms with Gasteiger partial charge in [-0.3, -0.25) is 0 Å². The summed E-state index contributed by atoms with van der Waals surface area (Å²) in [5.41, 5.74) is 3.16. The van der Waals surface area contributed by atoms with Crippen LogP contribution in [0.25, 0.3) is 0 Å². The molecule has 1 aliphatic rings. The van der Waals surface area contributed by atoms with Crippen LogP contribution in [0, 0.1) is 5.82 Å². The van der Waals surface area contributed by atoms with Gasteiger partial charge in [-0.15, -0.1) is 0 Å². The van der Waals surface area contributed by atoms with Crippen LogP contribution in [0.15, 0.2) is 102 Å². The van der Waals surface area contributed by atoms with Crippen molar-refractivity contribution in [1.29, 1.82) is 0 Å². The molecular weight excluding hydrogens is 500 g/mol. The van der Waals surface area contributed by atoms with Crippen molar-refractivity contribution < 1.29 is 13.9 Å². The first-order valence-electron chi connectivity index (χ1n) is 11.2. The van der Waals surface area contributed by atoms with E-state index in [4.69, 9.17) is 27.9 Å². The number of ether oxygens (including phenoxy) is 1. The third-order valence-corrected chi connectivity index (χ3v) is 6.19. The molecule has 5 rings (SSSR count). The van der Waals surface area contributed by atoms with Gasteiger partial charge >= 0.3 is 6.03 Å².